The molecule has 0 saturated heterocycles. The number of likely N-dealkylation sites (N-methyl/N-ethyl adjacent to an activating group) is 1. The fourth-order valence-corrected chi connectivity index (χ4v) is 2.23. The Morgan fingerprint density at radius 3 is 2.61 bits per heavy atom. The van der Waals surface area contributed by atoms with Crippen LogP contribution in [0.4, 0.5) is 0 Å². The van der Waals surface area contributed by atoms with Crippen molar-refractivity contribution in [2.45, 2.75) is 19.1 Å². The smallest absolute Gasteiger partial charge is 0.0929 e. The van der Waals surface area contributed by atoms with Gasteiger partial charge in [-0.2, -0.15) is 0 Å². The average Bonchev–Trinajstić information content (AvgIpc) is 2.28. The summed E-state index contributed by atoms with van der Waals surface area (Å²) >= 11 is 11.9. The molecule has 0 spiro atoms. The lowest BCUT2D eigenvalue weighted by atomic mass is 10.1. The Labute approximate surface area is 119 Å². The van der Waals surface area contributed by atoms with E-state index in [1.807, 2.05) is 14.1 Å². The molecule has 0 fully saturated rings. The number of hydrogen-bond donors (Lipinski definition) is 2. The van der Waals surface area contributed by atoms with Crippen LogP contribution in [0.5, 0.6) is 0 Å². The summed E-state index contributed by atoms with van der Waals surface area (Å²) in [7, 11) is 4.03. The molecule has 0 aliphatic heterocycles. The van der Waals surface area contributed by atoms with Gasteiger partial charge in [-0.25, -0.2) is 0 Å². The Bertz CT molecular complexity index is 385. The van der Waals surface area contributed by atoms with E-state index in [1.54, 1.807) is 18.2 Å². The number of hydrogen-bond acceptors (Lipinski definition) is 3. The first-order chi connectivity index (χ1) is 8.40. The fraction of sp³-hybridized carbons (Fsp3) is 0.538. The lowest BCUT2D eigenvalue weighted by Gasteiger charge is -2.21. The first kappa shape index (κ1) is 15.7. The van der Waals surface area contributed by atoms with Crippen molar-refractivity contribution in [3.05, 3.63) is 33.8 Å². The molecule has 0 bridgehead atoms. The van der Waals surface area contributed by atoms with Crippen molar-refractivity contribution >= 4 is 23.2 Å². The van der Waals surface area contributed by atoms with Crippen LogP contribution in [-0.2, 0) is 0 Å². The maximum atomic E-state index is 10.1. The molecule has 3 nitrogen and oxygen atoms in total. The van der Waals surface area contributed by atoms with Crippen molar-refractivity contribution in [3.8, 4) is 0 Å². The molecule has 102 valence electrons. The standard InChI is InChI=1S/C13H20Cl2N2O/c1-9(8-17(2)3)16-7-13(18)11-6-10(14)4-5-12(11)15/h4-6,9,13,16,18H,7-8H2,1-3H3. The van der Waals surface area contributed by atoms with E-state index in [9.17, 15) is 5.11 Å². The predicted octanol–water partition coefficient (Wildman–Crippen LogP) is 2.57. The number of halogens is 2. The molecule has 0 aliphatic rings. The maximum absolute atomic E-state index is 10.1. The molecule has 2 atom stereocenters. The van der Waals surface area contributed by atoms with E-state index in [2.05, 4.69) is 17.1 Å². The minimum absolute atomic E-state index is 0.299. The molecule has 0 saturated carbocycles. The predicted molar refractivity (Wildman–Crippen MR) is 77.4 cm³/mol. The number of nitrogens with zero attached hydrogens (tertiary/aromatic N) is 1. The second-order valence-electron chi connectivity index (χ2n) is 4.75. The van der Waals surface area contributed by atoms with Gasteiger partial charge < -0.3 is 15.3 Å². The van der Waals surface area contributed by atoms with Gasteiger partial charge in [-0.15, -0.1) is 0 Å². The lowest BCUT2D eigenvalue weighted by molar-refractivity contribution is 0.168. The molecule has 18 heavy (non-hydrogen) atoms. The van der Waals surface area contributed by atoms with Gasteiger partial charge in [0.15, 0.2) is 0 Å². The van der Waals surface area contributed by atoms with Gasteiger partial charge in [0.1, 0.15) is 0 Å². The highest BCUT2D eigenvalue weighted by atomic mass is 35.5. The van der Waals surface area contributed by atoms with Crippen LogP contribution in [0.3, 0.4) is 0 Å². The number of benzene rings is 1. The zero-order valence-corrected chi connectivity index (χ0v) is 12.5. The molecule has 2 unspecified atom stereocenters. The van der Waals surface area contributed by atoms with E-state index in [-0.39, 0.29) is 0 Å². The molecule has 5 heteroatoms. The summed E-state index contributed by atoms with van der Waals surface area (Å²) in [4.78, 5) is 2.09. The average molecular weight is 291 g/mol. The molecule has 0 radical (unpaired) electrons. The minimum atomic E-state index is -0.652. The largest absolute Gasteiger partial charge is 0.387 e. The Morgan fingerprint density at radius 1 is 1.33 bits per heavy atom. The van der Waals surface area contributed by atoms with Gasteiger partial charge in [-0.3, -0.25) is 0 Å². The number of nitrogens with one attached hydrogen (secondary N) is 1. The summed E-state index contributed by atoms with van der Waals surface area (Å²) in [5, 5.41) is 14.5. The third kappa shape index (κ3) is 5.12. The molecule has 0 aromatic heterocycles. The number of rotatable bonds is 6. The molecular weight excluding hydrogens is 271 g/mol. The summed E-state index contributed by atoms with van der Waals surface area (Å²) in [5.41, 5.74) is 0.661. The molecule has 1 aromatic rings. The Balaban J connectivity index is 2.54. The molecular formula is C13H20Cl2N2O. The summed E-state index contributed by atoms with van der Waals surface area (Å²) < 4.78 is 0. The van der Waals surface area contributed by atoms with Crippen molar-refractivity contribution in [1.29, 1.82) is 0 Å². The van der Waals surface area contributed by atoms with Crippen LogP contribution < -0.4 is 5.32 Å². The fourth-order valence-electron chi connectivity index (χ4n) is 1.81. The molecule has 1 rings (SSSR count). The van der Waals surface area contributed by atoms with E-state index in [0.29, 0.717) is 28.2 Å². The lowest BCUT2D eigenvalue weighted by Crippen LogP contribution is -2.38. The maximum Gasteiger partial charge on any atom is 0.0929 e. The van der Waals surface area contributed by atoms with E-state index in [1.165, 1.54) is 0 Å². The van der Waals surface area contributed by atoms with Crippen LogP contribution in [0.1, 0.15) is 18.6 Å². The summed E-state index contributed by atoms with van der Waals surface area (Å²) in [6.45, 7) is 3.44. The zero-order chi connectivity index (χ0) is 13.7. The normalized spacial score (nSPS) is 14.8. The van der Waals surface area contributed by atoms with Crippen molar-refractivity contribution < 1.29 is 5.11 Å². The van der Waals surface area contributed by atoms with Gasteiger partial charge in [-0.05, 0) is 39.2 Å². The van der Waals surface area contributed by atoms with Crippen LogP contribution in [0.25, 0.3) is 0 Å². The molecule has 0 amide bonds. The highest BCUT2D eigenvalue weighted by Crippen LogP contribution is 2.25. The van der Waals surface area contributed by atoms with Crippen LogP contribution in [0, 0.1) is 0 Å². The Morgan fingerprint density at radius 2 is 2.00 bits per heavy atom. The van der Waals surface area contributed by atoms with Crippen molar-refractivity contribution in [2.75, 3.05) is 27.2 Å². The van der Waals surface area contributed by atoms with Gasteiger partial charge in [-0.1, -0.05) is 23.2 Å². The monoisotopic (exact) mass is 290 g/mol. The molecule has 2 N–H and O–H groups in total. The van der Waals surface area contributed by atoms with Crippen LogP contribution in [0.2, 0.25) is 10.0 Å². The van der Waals surface area contributed by atoms with Crippen LogP contribution >= 0.6 is 23.2 Å². The van der Waals surface area contributed by atoms with E-state index in [4.69, 9.17) is 23.2 Å². The van der Waals surface area contributed by atoms with Gasteiger partial charge >= 0.3 is 0 Å². The molecule has 0 aliphatic carbocycles. The highest BCUT2D eigenvalue weighted by Gasteiger charge is 2.13. The second kappa shape index (κ2) is 7.31. The van der Waals surface area contributed by atoms with E-state index >= 15 is 0 Å². The molecule has 1 aromatic carbocycles. The summed E-state index contributed by atoms with van der Waals surface area (Å²) in [6, 6.07) is 5.41. The van der Waals surface area contributed by atoms with E-state index < -0.39 is 6.10 Å². The first-order valence-electron chi connectivity index (χ1n) is 5.91. The quantitative estimate of drug-likeness (QED) is 0.845. The van der Waals surface area contributed by atoms with Gasteiger partial charge in [0.05, 0.1) is 6.10 Å². The highest BCUT2D eigenvalue weighted by molar-refractivity contribution is 6.33. The Hall–Kier alpha value is -0.320. The zero-order valence-electron chi connectivity index (χ0n) is 11.0. The van der Waals surface area contributed by atoms with Gasteiger partial charge in [0.2, 0.25) is 0 Å². The first-order valence-corrected chi connectivity index (χ1v) is 6.67. The summed E-state index contributed by atoms with van der Waals surface area (Å²) in [5.74, 6) is 0. The van der Waals surface area contributed by atoms with Crippen LogP contribution in [0.15, 0.2) is 18.2 Å². The summed E-state index contributed by atoms with van der Waals surface area (Å²) in [6.07, 6.45) is -0.652. The van der Waals surface area contributed by atoms with Gasteiger partial charge in [0, 0.05) is 34.7 Å². The van der Waals surface area contributed by atoms with Crippen molar-refractivity contribution in [2.24, 2.45) is 0 Å². The van der Waals surface area contributed by atoms with E-state index in [0.717, 1.165) is 6.54 Å². The number of aliphatic hydroxyl groups excluding tert-OH is 1. The SMILES string of the molecule is CC(CN(C)C)NCC(O)c1cc(Cl)ccc1Cl. The van der Waals surface area contributed by atoms with Crippen molar-refractivity contribution in [1.82, 2.24) is 10.2 Å². The second-order valence-corrected chi connectivity index (χ2v) is 5.60. The third-order valence-electron chi connectivity index (χ3n) is 2.62. The third-order valence-corrected chi connectivity index (χ3v) is 3.20. The molecule has 0 heterocycles. The minimum Gasteiger partial charge on any atom is -0.387 e. The van der Waals surface area contributed by atoms with Crippen molar-refractivity contribution in [3.63, 3.8) is 0 Å². The number of aliphatic hydroxyl groups is 1. The van der Waals surface area contributed by atoms with Crippen LogP contribution in [-0.4, -0.2) is 43.2 Å². The topological polar surface area (TPSA) is 35.5 Å². The Kier molecular flexibility index (Phi) is 6.39. The van der Waals surface area contributed by atoms with Gasteiger partial charge in [0.25, 0.3) is 0 Å².